The molecule has 1 aromatic carbocycles. The van der Waals surface area contributed by atoms with Crippen LogP contribution in [0.15, 0.2) is 36.5 Å². The molecular weight excluding hydrogens is 357 g/mol. The zero-order chi connectivity index (χ0) is 19.9. The Labute approximate surface area is 165 Å². The number of piperazine rings is 1. The summed E-state index contributed by atoms with van der Waals surface area (Å²) in [5.74, 6) is 0.715. The second-order valence-electron chi connectivity index (χ2n) is 7.07. The summed E-state index contributed by atoms with van der Waals surface area (Å²) in [5, 5.41) is 5.54. The highest BCUT2D eigenvalue weighted by Gasteiger charge is 2.16. The van der Waals surface area contributed by atoms with E-state index in [2.05, 4.69) is 32.3 Å². The quantitative estimate of drug-likeness (QED) is 0.803. The topological polar surface area (TPSA) is 60.5 Å². The van der Waals surface area contributed by atoms with E-state index < -0.39 is 0 Å². The van der Waals surface area contributed by atoms with Gasteiger partial charge in [-0.2, -0.15) is 0 Å². The Hall–Kier alpha value is -2.67. The fourth-order valence-corrected chi connectivity index (χ4v) is 3.18. The lowest BCUT2D eigenvalue weighted by molar-refractivity contribution is 0.240. The summed E-state index contributed by atoms with van der Waals surface area (Å²) in [6.07, 6.45) is 1.80. The van der Waals surface area contributed by atoms with Crippen molar-refractivity contribution in [3.8, 4) is 0 Å². The molecule has 28 heavy (non-hydrogen) atoms. The number of pyridine rings is 1. The Morgan fingerprint density at radius 1 is 1.07 bits per heavy atom. The number of nitrogens with zero attached hydrogens (tertiary/aromatic N) is 3. The molecule has 7 heteroatoms. The molecule has 3 rings (SSSR count). The van der Waals surface area contributed by atoms with E-state index in [0.29, 0.717) is 12.1 Å². The van der Waals surface area contributed by atoms with Gasteiger partial charge in [0.05, 0.1) is 0 Å². The zero-order valence-electron chi connectivity index (χ0n) is 16.5. The highest BCUT2D eigenvalue weighted by atomic mass is 19.1. The molecule has 150 valence electrons. The van der Waals surface area contributed by atoms with Gasteiger partial charge >= 0.3 is 6.03 Å². The van der Waals surface area contributed by atoms with Crippen LogP contribution in [0.1, 0.15) is 23.6 Å². The number of hydrogen-bond acceptors (Lipinski definition) is 4. The molecule has 2 heterocycles. The molecule has 1 fully saturated rings. The van der Waals surface area contributed by atoms with Crippen molar-refractivity contribution >= 4 is 11.8 Å². The molecule has 0 radical (unpaired) electrons. The first-order chi connectivity index (χ1) is 13.5. The van der Waals surface area contributed by atoms with Crippen molar-refractivity contribution in [2.45, 2.75) is 26.9 Å². The Morgan fingerprint density at radius 3 is 2.36 bits per heavy atom. The van der Waals surface area contributed by atoms with Crippen LogP contribution in [-0.4, -0.2) is 48.6 Å². The van der Waals surface area contributed by atoms with Crippen molar-refractivity contribution < 1.29 is 9.18 Å². The first-order valence-electron chi connectivity index (χ1n) is 9.74. The molecule has 0 atom stereocenters. The first kappa shape index (κ1) is 20.1. The van der Waals surface area contributed by atoms with Gasteiger partial charge in [0, 0.05) is 45.5 Å². The summed E-state index contributed by atoms with van der Waals surface area (Å²) in [7, 11) is 0. The van der Waals surface area contributed by atoms with Crippen molar-refractivity contribution in [1.82, 2.24) is 20.5 Å². The van der Waals surface area contributed by atoms with Crippen molar-refractivity contribution in [2.24, 2.45) is 0 Å². The number of anilines is 1. The molecule has 2 N–H and O–H groups in total. The third-order valence-electron chi connectivity index (χ3n) is 5.10. The number of halogens is 1. The fraction of sp³-hybridized carbons (Fsp3) is 0.429. The van der Waals surface area contributed by atoms with Crippen LogP contribution >= 0.6 is 0 Å². The van der Waals surface area contributed by atoms with Gasteiger partial charge in [-0.3, -0.25) is 0 Å². The SMILES string of the molecule is CCN1CCN(c2ccc(CNC(=O)NCc3ccc(C)c(F)c3)cn2)CC1. The second kappa shape index (κ2) is 9.50. The number of amides is 2. The molecule has 6 nitrogen and oxygen atoms in total. The Balaban J connectivity index is 1.43. The lowest BCUT2D eigenvalue weighted by Crippen LogP contribution is -2.46. The van der Waals surface area contributed by atoms with E-state index in [1.807, 2.05) is 18.2 Å². The minimum Gasteiger partial charge on any atom is -0.354 e. The predicted octanol–water partition coefficient (Wildman–Crippen LogP) is 2.67. The van der Waals surface area contributed by atoms with Gasteiger partial charge in [-0.1, -0.05) is 25.1 Å². The number of hydrogen-bond donors (Lipinski definition) is 2. The van der Waals surface area contributed by atoms with E-state index in [-0.39, 0.29) is 18.4 Å². The number of aromatic nitrogens is 1. The molecule has 2 aromatic rings. The van der Waals surface area contributed by atoms with Gasteiger partial charge in [-0.15, -0.1) is 0 Å². The normalized spacial score (nSPS) is 14.8. The van der Waals surface area contributed by atoms with Gasteiger partial charge < -0.3 is 20.4 Å². The van der Waals surface area contributed by atoms with E-state index in [0.717, 1.165) is 49.7 Å². The summed E-state index contributed by atoms with van der Waals surface area (Å²) in [5.41, 5.74) is 2.26. The molecule has 0 saturated carbocycles. The average molecular weight is 385 g/mol. The highest BCUT2D eigenvalue weighted by molar-refractivity contribution is 5.73. The van der Waals surface area contributed by atoms with Gasteiger partial charge in [0.2, 0.25) is 0 Å². The summed E-state index contributed by atoms with van der Waals surface area (Å²) >= 11 is 0. The minimum absolute atomic E-state index is 0.262. The van der Waals surface area contributed by atoms with E-state index in [9.17, 15) is 9.18 Å². The predicted molar refractivity (Wildman–Crippen MR) is 109 cm³/mol. The van der Waals surface area contributed by atoms with Crippen molar-refractivity contribution in [3.05, 3.63) is 59.0 Å². The van der Waals surface area contributed by atoms with Crippen LogP contribution in [0, 0.1) is 12.7 Å². The van der Waals surface area contributed by atoms with Crippen molar-refractivity contribution in [3.63, 3.8) is 0 Å². The van der Waals surface area contributed by atoms with Crippen LogP contribution in [0.3, 0.4) is 0 Å². The highest BCUT2D eigenvalue weighted by Crippen LogP contribution is 2.14. The maximum atomic E-state index is 13.5. The number of urea groups is 1. The lowest BCUT2D eigenvalue weighted by atomic mass is 10.1. The number of likely N-dealkylation sites (N-methyl/N-ethyl adjacent to an activating group) is 1. The molecular formula is C21H28FN5O. The molecule has 0 unspecified atom stereocenters. The molecule has 0 spiro atoms. The van der Waals surface area contributed by atoms with Crippen LogP contribution in [0.25, 0.3) is 0 Å². The average Bonchev–Trinajstić information content (AvgIpc) is 2.73. The van der Waals surface area contributed by atoms with E-state index >= 15 is 0 Å². The number of nitrogens with one attached hydrogen (secondary N) is 2. The van der Waals surface area contributed by atoms with Gasteiger partial charge in [-0.05, 0) is 42.3 Å². The minimum atomic E-state index is -0.291. The number of carbonyl (C=O) groups is 1. The lowest BCUT2D eigenvalue weighted by Gasteiger charge is -2.34. The Morgan fingerprint density at radius 2 is 1.75 bits per heavy atom. The fourth-order valence-electron chi connectivity index (χ4n) is 3.18. The standard InChI is InChI=1S/C21H28FN5O/c1-3-26-8-10-27(11-9-26)20-7-6-18(14-23-20)15-25-21(28)24-13-17-5-4-16(2)19(22)12-17/h4-7,12,14H,3,8-11,13,15H2,1-2H3,(H2,24,25,28). The smallest absolute Gasteiger partial charge is 0.315 e. The maximum absolute atomic E-state index is 13.5. The van der Waals surface area contributed by atoms with Gasteiger partial charge in [0.25, 0.3) is 0 Å². The number of carbonyl (C=O) groups excluding carboxylic acids is 1. The van der Waals surface area contributed by atoms with Crippen molar-refractivity contribution in [1.29, 1.82) is 0 Å². The summed E-state index contributed by atoms with van der Waals surface area (Å²) in [6.45, 7) is 9.76. The van der Waals surface area contributed by atoms with Crippen LogP contribution in [-0.2, 0) is 13.1 Å². The second-order valence-corrected chi connectivity index (χ2v) is 7.07. The summed E-state index contributed by atoms with van der Waals surface area (Å²) in [6, 6.07) is 8.66. The molecule has 1 aliphatic rings. The monoisotopic (exact) mass is 385 g/mol. The molecule has 1 aromatic heterocycles. The number of aryl methyl sites for hydroxylation is 1. The number of benzene rings is 1. The van der Waals surface area contributed by atoms with Crippen LogP contribution in [0.5, 0.6) is 0 Å². The van der Waals surface area contributed by atoms with Gasteiger partial charge in [-0.25, -0.2) is 14.2 Å². The Bertz CT molecular complexity index is 788. The third kappa shape index (κ3) is 5.42. The van der Waals surface area contributed by atoms with Crippen LogP contribution < -0.4 is 15.5 Å². The van der Waals surface area contributed by atoms with Gasteiger partial charge in [0.1, 0.15) is 11.6 Å². The van der Waals surface area contributed by atoms with E-state index in [1.165, 1.54) is 6.07 Å². The first-order valence-corrected chi connectivity index (χ1v) is 9.74. The third-order valence-corrected chi connectivity index (χ3v) is 5.10. The van der Waals surface area contributed by atoms with E-state index in [1.54, 1.807) is 19.2 Å². The zero-order valence-corrected chi connectivity index (χ0v) is 16.5. The maximum Gasteiger partial charge on any atom is 0.315 e. The van der Waals surface area contributed by atoms with Crippen LogP contribution in [0.2, 0.25) is 0 Å². The molecule has 2 amide bonds. The molecule has 0 aliphatic carbocycles. The molecule has 0 bridgehead atoms. The summed E-state index contributed by atoms with van der Waals surface area (Å²) in [4.78, 5) is 21.2. The molecule has 1 saturated heterocycles. The van der Waals surface area contributed by atoms with Gasteiger partial charge in [0.15, 0.2) is 0 Å². The number of rotatable bonds is 6. The van der Waals surface area contributed by atoms with Crippen LogP contribution in [0.4, 0.5) is 15.0 Å². The Kier molecular flexibility index (Phi) is 6.81. The largest absolute Gasteiger partial charge is 0.354 e. The van der Waals surface area contributed by atoms with Crippen molar-refractivity contribution in [2.75, 3.05) is 37.6 Å². The molecule has 1 aliphatic heterocycles. The summed E-state index contributed by atoms with van der Waals surface area (Å²) < 4.78 is 13.5. The van der Waals surface area contributed by atoms with E-state index in [4.69, 9.17) is 0 Å².